The zero-order chi connectivity index (χ0) is 21.8. The predicted molar refractivity (Wildman–Crippen MR) is 120 cm³/mol. The molecule has 1 aromatic heterocycles. The van der Waals surface area contributed by atoms with Crippen molar-refractivity contribution in [2.75, 3.05) is 31.5 Å². The first-order valence-corrected chi connectivity index (χ1v) is 12.6. The zero-order valence-corrected chi connectivity index (χ0v) is 19.0. The Morgan fingerprint density at radius 3 is 2.55 bits per heavy atom. The molecule has 0 saturated carbocycles. The van der Waals surface area contributed by atoms with Crippen molar-refractivity contribution in [3.05, 3.63) is 59.0 Å². The third kappa shape index (κ3) is 5.17. The quantitative estimate of drug-likeness (QED) is 0.502. The molecule has 9 heteroatoms. The fraction of sp³-hybridized carbons (Fsp3) is 0.318. The van der Waals surface area contributed by atoms with E-state index in [4.69, 9.17) is 14.2 Å². The van der Waals surface area contributed by atoms with Crippen LogP contribution in [0.25, 0.3) is 0 Å². The number of sulfone groups is 1. The molecule has 7 nitrogen and oxygen atoms in total. The van der Waals surface area contributed by atoms with Crippen molar-refractivity contribution in [1.82, 2.24) is 4.98 Å². The van der Waals surface area contributed by atoms with Crippen LogP contribution in [0.4, 0.5) is 11.4 Å². The van der Waals surface area contributed by atoms with Crippen molar-refractivity contribution in [2.24, 2.45) is 0 Å². The van der Waals surface area contributed by atoms with Crippen LogP contribution < -0.4 is 14.4 Å². The summed E-state index contributed by atoms with van der Waals surface area (Å²) in [5.41, 5.74) is 3.56. The van der Waals surface area contributed by atoms with Crippen LogP contribution in [-0.4, -0.2) is 46.1 Å². The standard InChI is InChI=1S/C22H24N2O5S2/c1-27-21-8-5-17(11-22(21)29-18-9-10-28-14-18)24(13-19-12-23-15-30-19)16-3-6-20(7-4-16)31(2,25)26/h3-8,11-12,15,18H,9-10,13-14H2,1-2H3/t18-/m1/s1. The van der Waals surface area contributed by atoms with Gasteiger partial charge in [-0.2, -0.15) is 0 Å². The molecule has 2 aromatic carbocycles. The summed E-state index contributed by atoms with van der Waals surface area (Å²) >= 11 is 1.56. The van der Waals surface area contributed by atoms with Crippen molar-refractivity contribution in [2.45, 2.75) is 24.0 Å². The SMILES string of the molecule is COc1ccc(N(Cc2cncs2)c2ccc(S(C)(=O)=O)cc2)cc1O[C@@H]1CCOC1. The molecule has 0 spiro atoms. The van der Waals surface area contributed by atoms with Crippen LogP contribution in [0.15, 0.2) is 59.1 Å². The zero-order valence-electron chi connectivity index (χ0n) is 17.4. The van der Waals surface area contributed by atoms with E-state index in [1.165, 1.54) is 6.26 Å². The molecule has 0 N–H and O–H groups in total. The predicted octanol–water partition coefficient (Wildman–Crippen LogP) is 4.06. The summed E-state index contributed by atoms with van der Waals surface area (Å²) in [5.74, 6) is 1.30. The van der Waals surface area contributed by atoms with E-state index in [9.17, 15) is 8.42 Å². The lowest BCUT2D eigenvalue weighted by atomic mass is 10.2. The van der Waals surface area contributed by atoms with E-state index in [-0.39, 0.29) is 11.0 Å². The smallest absolute Gasteiger partial charge is 0.175 e. The average molecular weight is 461 g/mol. The maximum Gasteiger partial charge on any atom is 0.175 e. The molecule has 31 heavy (non-hydrogen) atoms. The number of benzene rings is 2. The van der Waals surface area contributed by atoms with Gasteiger partial charge in [0.25, 0.3) is 0 Å². The second-order valence-corrected chi connectivity index (χ2v) is 10.2. The summed E-state index contributed by atoms with van der Waals surface area (Å²) in [4.78, 5) is 7.64. The molecule has 2 heterocycles. The van der Waals surface area contributed by atoms with E-state index in [0.29, 0.717) is 31.3 Å². The maximum atomic E-state index is 11.9. The van der Waals surface area contributed by atoms with Gasteiger partial charge in [0, 0.05) is 41.2 Å². The van der Waals surface area contributed by atoms with Crippen LogP contribution in [0.5, 0.6) is 11.5 Å². The third-order valence-electron chi connectivity index (χ3n) is 5.01. The molecular formula is C22H24N2O5S2. The van der Waals surface area contributed by atoms with E-state index in [1.54, 1.807) is 36.1 Å². The van der Waals surface area contributed by atoms with Crippen LogP contribution in [0.3, 0.4) is 0 Å². The first-order chi connectivity index (χ1) is 14.9. The Bertz CT molecular complexity index is 1110. The minimum Gasteiger partial charge on any atom is -0.493 e. The lowest BCUT2D eigenvalue weighted by molar-refractivity contribution is 0.138. The van der Waals surface area contributed by atoms with Gasteiger partial charge in [-0.3, -0.25) is 4.98 Å². The van der Waals surface area contributed by atoms with Gasteiger partial charge >= 0.3 is 0 Å². The first kappa shape index (κ1) is 21.6. The molecule has 1 fully saturated rings. The van der Waals surface area contributed by atoms with E-state index in [1.807, 2.05) is 36.5 Å². The minimum absolute atomic E-state index is 0.00635. The van der Waals surface area contributed by atoms with E-state index in [0.717, 1.165) is 22.7 Å². The number of nitrogens with zero attached hydrogens (tertiary/aromatic N) is 2. The van der Waals surface area contributed by atoms with Crippen LogP contribution in [0.1, 0.15) is 11.3 Å². The average Bonchev–Trinajstić information content (AvgIpc) is 3.46. The molecule has 3 aromatic rings. The summed E-state index contributed by atoms with van der Waals surface area (Å²) < 4.78 is 40.8. The highest BCUT2D eigenvalue weighted by Crippen LogP contribution is 2.37. The lowest BCUT2D eigenvalue weighted by Gasteiger charge is -2.26. The fourth-order valence-electron chi connectivity index (χ4n) is 3.39. The Labute approximate surface area is 186 Å². The molecule has 0 radical (unpaired) electrons. The second-order valence-electron chi connectivity index (χ2n) is 7.26. The van der Waals surface area contributed by atoms with Gasteiger partial charge in [-0.1, -0.05) is 0 Å². The van der Waals surface area contributed by atoms with E-state index < -0.39 is 9.84 Å². The summed E-state index contributed by atoms with van der Waals surface area (Å²) in [6.45, 7) is 1.84. The topological polar surface area (TPSA) is 78.0 Å². The molecule has 1 aliphatic rings. The highest BCUT2D eigenvalue weighted by Gasteiger charge is 2.21. The van der Waals surface area contributed by atoms with Gasteiger partial charge < -0.3 is 19.1 Å². The van der Waals surface area contributed by atoms with Crippen LogP contribution in [0.2, 0.25) is 0 Å². The van der Waals surface area contributed by atoms with Crippen molar-refractivity contribution in [1.29, 1.82) is 0 Å². The van der Waals surface area contributed by atoms with Crippen molar-refractivity contribution in [3.8, 4) is 11.5 Å². The summed E-state index contributed by atoms with van der Waals surface area (Å²) in [6.07, 6.45) is 3.87. The number of hydrogen-bond donors (Lipinski definition) is 0. The lowest BCUT2D eigenvalue weighted by Crippen LogP contribution is -2.18. The molecule has 0 aliphatic carbocycles. The largest absolute Gasteiger partial charge is 0.493 e. The third-order valence-corrected chi connectivity index (χ3v) is 6.91. The molecule has 0 amide bonds. The monoisotopic (exact) mass is 460 g/mol. The molecule has 0 unspecified atom stereocenters. The molecule has 1 atom stereocenters. The summed E-state index contributed by atoms with van der Waals surface area (Å²) in [5, 5.41) is 0. The van der Waals surface area contributed by atoms with Gasteiger partial charge in [0.1, 0.15) is 6.10 Å². The van der Waals surface area contributed by atoms with Crippen molar-refractivity contribution >= 4 is 32.5 Å². The van der Waals surface area contributed by atoms with Gasteiger partial charge in [0.15, 0.2) is 21.3 Å². The Kier molecular flexibility index (Phi) is 6.45. The molecule has 0 bridgehead atoms. The van der Waals surface area contributed by atoms with Gasteiger partial charge in [0.05, 0.1) is 37.3 Å². The molecule has 4 rings (SSSR count). The molecule has 1 saturated heterocycles. The maximum absolute atomic E-state index is 11.9. The first-order valence-electron chi connectivity index (χ1n) is 9.81. The number of hydrogen-bond acceptors (Lipinski definition) is 8. The molecular weight excluding hydrogens is 436 g/mol. The van der Waals surface area contributed by atoms with Gasteiger partial charge in [-0.25, -0.2) is 8.42 Å². The fourth-order valence-corrected chi connectivity index (χ4v) is 4.60. The van der Waals surface area contributed by atoms with Crippen molar-refractivity contribution in [3.63, 3.8) is 0 Å². The van der Waals surface area contributed by atoms with Gasteiger partial charge in [-0.05, 0) is 36.4 Å². The molecule has 164 valence electrons. The number of rotatable bonds is 8. The van der Waals surface area contributed by atoms with Crippen molar-refractivity contribution < 1.29 is 22.6 Å². The Hall–Kier alpha value is -2.62. The minimum atomic E-state index is -3.26. The van der Waals surface area contributed by atoms with Crippen LogP contribution >= 0.6 is 11.3 Å². The van der Waals surface area contributed by atoms with Gasteiger partial charge in [-0.15, -0.1) is 11.3 Å². The normalized spacial score (nSPS) is 16.3. The number of thiazole rings is 1. The Balaban J connectivity index is 1.70. The van der Waals surface area contributed by atoms with Gasteiger partial charge in [0.2, 0.25) is 0 Å². The highest BCUT2D eigenvalue weighted by atomic mass is 32.2. The Morgan fingerprint density at radius 1 is 1.16 bits per heavy atom. The number of anilines is 2. The Morgan fingerprint density at radius 2 is 1.94 bits per heavy atom. The molecule has 1 aliphatic heterocycles. The van der Waals surface area contributed by atoms with Crippen LogP contribution in [-0.2, 0) is 21.1 Å². The van der Waals surface area contributed by atoms with E-state index >= 15 is 0 Å². The van der Waals surface area contributed by atoms with Crippen LogP contribution in [0, 0.1) is 0 Å². The number of aromatic nitrogens is 1. The van der Waals surface area contributed by atoms with E-state index in [2.05, 4.69) is 9.88 Å². The highest BCUT2D eigenvalue weighted by molar-refractivity contribution is 7.90. The number of ether oxygens (including phenoxy) is 3. The number of methoxy groups -OCH3 is 1. The summed E-state index contributed by atoms with van der Waals surface area (Å²) in [6, 6.07) is 12.7. The summed E-state index contributed by atoms with van der Waals surface area (Å²) in [7, 11) is -1.65. The second kappa shape index (κ2) is 9.25.